The van der Waals surface area contributed by atoms with Gasteiger partial charge in [-0.05, 0) is 50.0 Å². The van der Waals surface area contributed by atoms with E-state index in [2.05, 4.69) is 29.2 Å². The van der Waals surface area contributed by atoms with Gasteiger partial charge >= 0.3 is 0 Å². The molecule has 0 heterocycles. The molecule has 1 aromatic carbocycles. The van der Waals surface area contributed by atoms with E-state index >= 15 is 0 Å². The molecule has 0 N–H and O–H groups in total. The number of nitrogens with zero attached hydrogens (tertiary/aromatic N) is 2. The molecular formula is C14H18N2. The van der Waals surface area contributed by atoms with Crippen LogP contribution in [0.5, 0.6) is 0 Å². The van der Waals surface area contributed by atoms with E-state index < -0.39 is 0 Å². The van der Waals surface area contributed by atoms with Gasteiger partial charge in [-0.2, -0.15) is 5.26 Å². The number of fused-ring (bicyclic) bond motifs is 1. The third kappa shape index (κ3) is 2.10. The molecule has 2 rings (SSSR count). The fraction of sp³-hybridized carbons (Fsp3) is 0.500. The molecule has 0 aromatic heterocycles. The summed E-state index contributed by atoms with van der Waals surface area (Å²) in [6.07, 6.45) is 4.27. The highest BCUT2D eigenvalue weighted by atomic mass is 15.1. The SMILES string of the molecule is CN(C)C(CC#N)c1ccc2c(c1)CCC2. The number of hydrogen-bond acceptors (Lipinski definition) is 2. The van der Waals surface area contributed by atoms with E-state index in [1.165, 1.54) is 36.0 Å². The zero-order valence-electron chi connectivity index (χ0n) is 10.0. The van der Waals surface area contributed by atoms with Crippen molar-refractivity contribution in [2.45, 2.75) is 31.7 Å². The highest BCUT2D eigenvalue weighted by molar-refractivity contribution is 5.36. The lowest BCUT2D eigenvalue weighted by atomic mass is 9.99. The molecule has 2 nitrogen and oxygen atoms in total. The summed E-state index contributed by atoms with van der Waals surface area (Å²) in [4.78, 5) is 2.12. The quantitative estimate of drug-likeness (QED) is 0.773. The van der Waals surface area contributed by atoms with Gasteiger partial charge in [0.2, 0.25) is 0 Å². The number of nitriles is 1. The van der Waals surface area contributed by atoms with Crippen LogP contribution in [-0.4, -0.2) is 19.0 Å². The molecule has 0 saturated heterocycles. The first kappa shape index (κ1) is 11.2. The first-order valence-corrected chi connectivity index (χ1v) is 5.87. The Kier molecular flexibility index (Phi) is 3.26. The Bertz CT molecular complexity index is 415. The highest BCUT2D eigenvalue weighted by Gasteiger charge is 2.17. The predicted octanol–water partition coefficient (Wildman–Crippen LogP) is 2.69. The molecule has 0 spiro atoms. The van der Waals surface area contributed by atoms with Gasteiger partial charge in [0.05, 0.1) is 12.5 Å². The van der Waals surface area contributed by atoms with E-state index in [-0.39, 0.29) is 6.04 Å². The lowest BCUT2D eigenvalue weighted by Crippen LogP contribution is -2.19. The third-order valence-corrected chi connectivity index (χ3v) is 3.42. The zero-order valence-corrected chi connectivity index (χ0v) is 10.0. The van der Waals surface area contributed by atoms with Crippen molar-refractivity contribution in [1.29, 1.82) is 5.26 Å². The zero-order chi connectivity index (χ0) is 11.5. The monoisotopic (exact) mass is 214 g/mol. The van der Waals surface area contributed by atoms with Crippen molar-refractivity contribution in [1.82, 2.24) is 4.90 Å². The van der Waals surface area contributed by atoms with Crippen molar-refractivity contribution < 1.29 is 0 Å². The smallest absolute Gasteiger partial charge is 0.0641 e. The molecule has 0 aliphatic heterocycles. The molecule has 0 bridgehead atoms. The molecule has 1 unspecified atom stereocenters. The maximum atomic E-state index is 8.86. The van der Waals surface area contributed by atoms with E-state index in [4.69, 9.17) is 5.26 Å². The maximum absolute atomic E-state index is 8.86. The van der Waals surface area contributed by atoms with Gasteiger partial charge in [0.1, 0.15) is 0 Å². The second-order valence-corrected chi connectivity index (χ2v) is 4.72. The van der Waals surface area contributed by atoms with Crippen LogP contribution in [0.1, 0.15) is 35.6 Å². The summed E-state index contributed by atoms with van der Waals surface area (Å²) >= 11 is 0. The summed E-state index contributed by atoms with van der Waals surface area (Å²) in [5.74, 6) is 0. The Hall–Kier alpha value is -1.33. The van der Waals surface area contributed by atoms with E-state index in [9.17, 15) is 0 Å². The van der Waals surface area contributed by atoms with Crippen LogP contribution >= 0.6 is 0 Å². The fourth-order valence-corrected chi connectivity index (χ4v) is 2.48. The van der Waals surface area contributed by atoms with Crippen LogP contribution in [-0.2, 0) is 12.8 Å². The molecule has 0 fully saturated rings. The Morgan fingerprint density at radius 3 is 2.75 bits per heavy atom. The first-order valence-electron chi connectivity index (χ1n) is 5.87. The number of aryl methyl sites for hydroxylation is 2. The third-order valence-electron chi connectivity index (χ3n) is 3.42. The minimum Gasteiger partial charge on any atom is -0.301 e. The average molecular weight is 214 g/mol. The summed E-state index contributed by atoms with van der Waals surface area (Å²) in [5.41, 5.74) is 4.27. The predicted molar refractivity (Wildman–Crippen MR) is 65.1 cm³/mol. The van der Waals surface area contributed by atoms with Crippen LogP contribution in [0.2, 0.25) is 0 Å². The van der Waals surface area contributed by atoms with E-state index in [0.29, 0.717) is 6.42 Å². The minimum atomic E-state index is 0.232. The Morgan fingerprint density at radius 2 is 2.06 bits per heavy atom. The average Bonchev–Trinajstić information content (AvgIpc) is 2.72. The summed E-state index contributed by atoms with van der Waals surface area (Å²) in [6.45, 7) is 0. The molecule has 84 valence electrons. The van der Waals surface area contributed by atoms with Gasteiger partial charge in [-0.3, -0.25) is 0 Å². The molecule has 16 heavy (non-hydrogen) atoms. The molecule has 1 aromatic rings. The molecule has 1 atom stereocenters. The molecule has 0 saturated carbocycles. The van der Waals surface area contributed by atoms with Crippen LogP contribution in [0.4, 0.5) is 0 Å². The number of rotatable bonds is 3. The van der Waals surface area contributed by atoms with Crippen LogP contribution in [0.25, 0.3) is 0 Å². The lowest BCUT2D eigenvalue weighted by molar-refractivity contribution is 0.303. The van der Waals surface area contributed by atoms with E-state index in [0.717, 1.165) is 0 Å². The summed E-state index contributed by atoms with van der Waals surface area (Å²) < 4.78 is 0. The van der Waals surface area contributed by atoms with Crippen LogP contribution in [0, 0.1) is 11.3 Å². The van der Waals surface area contributed by atoms with E-state index in [1.807, 2.05) is 14.1 Å². The Balaban J connectivity index is 2.29. The van der Waals surface area contributed by atoms with Crippen molar-refractivity contribution >= 4 is 0 Å². The summed E-state index contributed by atoms with van der Waals surface area (Å²) in [6, 6.07) is 9.23. The van der Waals surface area contributed by atoms with Gasteiger partial charge in [-0.25, -0.2) is 0 Å². The van der Waals surface area contributed by atoms with Crippen molar-refractivity contribution in [3.8, 4) is 6.07 Å². The second-order valence-electron chi connectivity index (χ2n) is 4.72. The van der Waals surface area contributed by atoms with Crippen molar-refractivity contribution in [2.75, 3.05) is 14.1 Å². The lowest BCUT2D eigenvalue weighted by Gasteiger charge is -2.22. The van der Waals surface area contributed by atoms with Crippen molar-refractivity contribution in [3.05, 3.63) is 34.9 Å². The molecule has 1 aliphatic rings. The Labute approximate surface area is 97.5 Å². The standard InChI is InChI=1S/C14H18N2/c1-16(2)14(8-9-15)13-7-6-11-4-3-5-12(11)10-13/h6-7,10,14H,3-5,8H2,1-2H3. The van der Waals surface area contributed by atoms with Gasteiger partial charge in [0.25, 0.3) is 0 Å². The summed E-state index contributed by atoms with van der Waals surface area (Å²) in [7, 11) is 4.07. The first-order chi connectivity index (χ1) is 7.72. The normalized spacial score (nSPS) is 15.9. The second kappa shape index (κ2) is 4.67. The van der Waals surface area contributed by atoms with Crippen LogP contribution < -0.4 is 0 Å². The van der Waals surface area contributed by atoms with Crippen LogP contribution in [0.3, 0.4) is 0 Å². The molecular weight excluding hydrogens is 196 g/mol. The van der Waals surface area contributed by atoms with Gasteiger partial charge in [-0.1, -0.05) is 18.2 Å². The number of hydrogen-bond donors (Lipinski definition) is 0. The van der Waals surface area contributed by atoms with Crippen molar-refractivity contribution in [3.63, 3.8) is 0 Å². The molecule has 0 amide bonds. The Morgan fingerprint density at radius 1 is 1.31 bits per heavy atom. The number of benzene rings is 1. The minimum absolute atomic E-state index is 0.232. The highest BCUT2D eigenvalue weighted by Crippen LogP contribution is 2.28. The van der Waals surface area contributed by atoms with E-state index in [1.54, 1.807) is 0 Å². The van der Waals surface area contributed by atoms with Crippen LogP contribution in [0.15, 0.2) is 18.2 Å². The van der Waals surface area contributed by atoms with Crippen molar-refractivity contribution in [2.24, 2.45) is 0 Å². The molecule has 1 aliphatic carbocycles. The fourth-order valence-electron chi connectivity index (χ4n) is 2.48. The van der Waals surface area contributed by atoms with Gasteiger partial charge in [-0.15, -0.1) is 0 Å². The van der Waals surface area contributed by atoms with Gasteiger partial charge in [0, 0.05) is 6.04 Å². The topological polar surface area (TPSA) is 27.0 Å². The van der Waals surface area contributed by atoms with Gasteiger partial charge in [0.15, 0.2) is 0 Å². The molecule has 2 heteroatoms. The maximum Gasteiger partial charge on any atom is 0.0641 e. The largest absolute Gasteiger partial charge is 0.301 e. The summed E-state index contributed by atoms with van der Waals surface area (Å²) in [5, 5.41) is 8.86. The van der Waals surface area contributed by atoms with Gasteiger partial charge < -0.3 is 4.90 Å². The molecule has 0 radical (unpaired) electrons.